The first kappa shape index (κ1) is 13.6. The summed E-state index contributed by atoms with van der Waals surface area (Å²) < 4.78 is 6.41. The number of hydrogen-bond acceptors (Lipinski definition) is 3. The van der Waals surface area contributed by atoms with E-state index in [0.717, 1.165) is 8.95 Å². The van der Waals surface area contributed by atoms with Crippen molar-refractivity contribution in [3.05, 3.63) is 32.7 Å². The maximum absolute atomic E-state index is 10.2. The van der Waals surface area contributed by atoms with Gasteiger partial charge in [0.15, 0.2) is 0 Å². The largest absolute Gasteiger partial charge is 0.480 e. The topological polar surface area (TPSA) is 66.8 Å². The fraction of sp³-hybridized carbons (Fsp3) is 0.300. The molecule has 1 aromatic rings. The molecule has 0 fully saturated rings. The lowest BCUT2D eigenvalue weighted by Gasteiger charge is -2.12. The predicted molar refractivity (Wildman–Crippen MR) is 65.3 cm³/mol. The van der Waals surface area contributed by atoms with Gasteiger partial charge in [0.2, 0.25) is 0 Å². The highest BCUT2D eigenvalue weighted by atomic mass is 79.9. The molecule has 16 heavy (non-hydrogen) atoms. The molecule has 0 saturated heterocycles. The van der Waals surface area contributed by atoms with Crippen molar-refractivity contribution in [2.45, 2.75) is 6.10 Å². The van der Waals surface area contributed by atoms with Gasteiger partial charge in [0, 0.05) is 8.95 Å². The van der Waals surface area contributed by atoms with Crippen LogP contribution in [0.1, 0.15) is 11.7 Å². The van der Waals surface area contributed by atoms with Crippen LogP contribution in [-0.2, 0) is 9.53 Å². The van der Waals surface area contributed by atoms with Crippen LogP contribution in [0, 0.1) is 0 Å². The van der Waals surface area contributed by atoms with E-state index < -0.39 is 18.7 Å². The van der Waals surface area contributed by atoms with Crippen molar-refractivity contribution in [1.29, 1.82) is 0 Å². The van der Waals surface area contributed by atoms with E-state index in [1.54, 1.807) is 12.1 Å². The van der Waals surface area contributed by atoms with E-state index in [2.05, 4.69) is 31.9 Å². The van der Waals surface area contributed by atoms with Crippen LogP contribution in [0.25, 0.3) is 0 Å². The molecule has 2 N–H and O–H groups in total. The number of halogens is 2. The third-order valence-electron chi connectivity index (χ3n) is 1.82. The molecule has 1 aromatic carbocycles. The smallest absolute Gasteiger partial charge is 0.329 e. The number of benzene rings is 1. The van der Waals surface area contributed by atoms with Crippen LogP contribution in [0.5, 0.6) is 0 Å². The molecule has 0 aliphatic rings. The number of aliphatic hydroxyl groups is 1. The van der Waals surface area contributed by atoms with Gasteiger partial charge in [0.25, 0.3) is 0 Å². The first-order chi connectivity index (χ1) is 7.50. The van der Waals surface area contributed by atoms with Gasteiger partial charge >= 0.3 is 5.97 Å². The van der Waals surface area contributed by atoms with E-state index in [9.17, 15) is 9.90 Å². The SMILES string of the molecule is O=C(O)COCC(O)c1cc(Br)ccc1Br. The van der Waals surface area contributed by atoms with E-state index in [1.165, 1.54) is 0 Å². The number of carboxylic acids is 1. The maximum atomic E-state index is 10.2. The van der Waals surface area contributed by atoms with Gasteiger partial charge in [0.05, 0.1) is 6.61 Å². The molecule has 0 amide bonds. The van der Waals surface area contributed by atoms with E-state index in [-0.39, 0.29) is 6.61 Å². The average molecular weight is 354 g/mol. The van der Waals surface area contributed by atoms with Gasteiger partial charge in [-0.15, -0.1) is 0 Å². The molecule has 88 valence electrons. The van der Waals surface area contributed by atoms with Crippen molar-refractivity contribution in [1.82, 2.24) is 0 Å². The number of rotatable bonds is 5. The number of hydrogen-bond donors (Lipinski definition) is 2. The van der Waals surface area contributed by atoms with Gasteiger partial charge in [-0.05, 0) is 23.8 Å². The second-order valence-corrected chi connectivity index (χ2v) is 4.86. The van der Waals surface area contributed by atoms with Crippen LogP contribution in [0.4, 0.5) is 0 Å². The Morgan fingerprint density at radius 3 is 2.75 bits per heavy atom. The summed E-state index contributed by atoms with van der Waals surface area (Å²) in [6.45, 7) is -0.468. The third kappa shape index (κ3) is 4.21. The maximum Gasteiger partial charge on any atom is 0.329 e. The Hall–Kier alpha value is -0.430. The molecule has 0 heterocycles. The standard InChI is InChI=1S/C10H10Br2O4/c11-6-1-2-8(12)7(3-6)9(13)4-16-5-10(14)15/h1-3,9,13H,4-5H2,(H,14,15). The molecule has 0 aliphatic carbocycles. The summed E-state index contributed by atoms with van der Waals surface area (Å²) in [5.74, 6) is -1.06. The van der Waals surface area contributed by atoms with Crippen molar-refractivity contribution >= 4 is 37.8 Å². The molecule has 0 aliphatic heterocycles. The minimum absolute atomic E-state index is 0.0542. The summed E-state index contributed by atoms with van der Waals surface area (Å²) >= 11 is 6.59. The monoisotopic (exact) mass is 352 g/mol. The molecule has 1 rings (SSSR count). The van der Waals surface area contributed by atoms with Crippen molar-refractivity contribution in [3.63, 3.8) is 0 Å². The van der Waals surface area contributed by atoms with E-state index in [4.69, 9.17) is 9.84 Å². The highest BCUT2D eigenvalue weighted by Crippen LogP contribution is 2.27. The third-order valence-corrected chi connectivity index (χ3v) is 3.03. The lowest BCUT2D eigenvalue weighted by Crippen LogP contribution is -2.13. The molecular formula is C10H10Br2O4. The average Bonchev–Trinajstić information content (AvgIpc) is 2.21. The highest BCUT2D eigenvalue weighted by molar-refractivity contribution is 9.11. The fourth-order valence-electron chi connectivity index (χ4n) is 1.12. The molecule has 6 heteroatoms. The number of aliphatic carboxylic acids is 1. The Kier molecular flexibility index (Phi) is 5.40. The molecule has 0 spiro atoms. The molecule has 1 unspecified atom stereocenters. The lowest BCUT2D eigenvalue weighted by molar-refractivity contribution is -0.143. The zero-order valence-corrected chi connectivity index (χ0v) is 11.4. The summed E-state index contributed by atoms with van der Waals surface area (Å²) in [5.41, 5.74) is 0.653. The van der Waals surface area contributed by atoms with Crippen LogP contribution >= 0.6 is 31.9 Å². The van der Waals surface area contributed by atoms with Crippen molar-refractivity contribution in [2.24, 2.45) is 0 Å². The van der Waals surface area contributed by atoms with Crippen LogP contribution < -0.4 is 0 Å². The van der Waals surface area contributed by atoms with Crippen molar-refractivity contribution < 1.29 is 19.7 Å². The predicted octanol–water partition coefficient (Wildman–Crippen LogP) is 2.35. The minimum Gasteiger partial charge on any atom is -0.480 e. The molecule has 0 aromatic heterocycles. The van der Waals surface area contributed by atoms with E-state index >= 15 is 0 Å². The second kappa shape index (κ2) is 6.34. The number of carbonyl (C=O) groups is 1. The number of aliphatic hydroxyl groups excluding tert-OH is 1. The zero-order chi connectivity index (χ0) is 12.1. The molecule has 0 saturated carbocycles. The van der Waals surface area contributed by atoms with Gasteiger partial charge in [0.1, 0.15) is 12.7 Å². The normalized spacial score (nSPS) is 12.4. The fourth-order valence-corrected chi connectivity index (χ4v) is 2.01. The van der Waals surface area contributed by atoms with Crippen LogP contribution in [0.15, 0.2) is 27.1 Å². The molecule has 1 atom stereocenters. The summed E-state index contributed by atoms with van der Waals surface area (Å²) in [5, 5.41) is 18.1. The summed E-state index contributed by atoms with van der Waals surface area (Å²) in [6, 6.07) is 5.37. The van der Waals surface area contributed by atoms with Crippen LogP contribution in [0.2, 0.25) is 0 Å². The van der Waals surface area contributed by atoms with Gasteiger partial charge < -0.3 is 14.9 Å². The molecule has 0 radical (unpaired) electrons. The van der Waals surface area contributed by atoms with Gasteiger partial charge in [-0.3, -0.25) is 0 Å². The molecular weight excluding hydrogens is 344 g/mol. The lowest BCUT2D eigenvalue weighted by atomic mass is 10.1. The minimum atomic E-state index is -1.06. The first-order valence-electron chi connectivity index (χ1n) is 4.43. The Labute approximate surface area is 109 Å². The van der Waals surface area contributed by atoms with E-state index in [1.807, 2.05) is 6.07 Å². The molecule has 4 nitrogen and oxygen atoms in total. The Morgan fingerprint density at radius 2 is 2.12 bits per heavy atom. The van der Waals surface area contributed by atoms with Crippen molar-refractivity contribution in [3.8, 4) is 0 Å². The van der Waals surface area contributed by atoms with Gasteiger partial charge in [-0.25, -0.2) is 4.79 Å². The first-order valence-corrected chi connectivity index (χ1v) is 6.02. The summed E-state index contributed by atoms with van der Waals surface area (Å²) in [6.07, 6.45) is -0.855. The Bertz CT molecular complexity index is 381. The summed E-state index contributed by atoms with van der Waals surface area (Å²) in [7, 11) is 0. The van der Waals surface area contributed by atoms with Gasteiger partial charge in [-0.1, -0.05) is 31.9 Å². The quantitative estimate of drug-likeness (QED) is 0.852. The molecule has 0 bridgehead atoms. The second-order valence-electron chi connectivity index (χ2n) is 3.09. The van der Waals surface area contributed by atoms with Gasteiger partial charge in [-0.2, -0.15) is 0 Å². The van der Waals surface area contributed by atoms with Crippen molar-refractivity contribution in [2.75, 3.05) is 13.2 Å². The summed E-state index contributed by atoms with van der Waals surface area (Å²) in [4.78, 5) is 10.2. The van der Waals surface area contributed by atoms with Crippen LogP contribution in [0.3, 0.4) is 0 Å². The number of ether oxygens (including phenoxy) is 1. The highest BCUT2D eigenvalue weighted by Gasteiger charge is 2.12. The van der Waals surface area contributed by atoms with Crippen LogP contribution in [-0.4, -0.2) is 29.4 Å². The Morgan fingerprint density at radius 1 is 1.44 bits per heavy atom. The number of carboxylic acid groups (broad SMARTS) is 1. The van der Waals surface area contributed by atoms with E-state index in [0.29, 0.717) is 5.56 Å². The zero-order valence-electron chi connectivity index (χ0n) is 8.19. The Balaban J connectivity index is 2.61.